The summed E-state index contributed by atoms with van der Waals surface area (Å²) in [5, 5.41) is 2.51. The molecule has 0 bridgehead atoms. The molecule has 0 spiro atoms. The van der Waals surface area contributed by atoms with E-state index in [4.69, 9.17) is 13.3 Å². The van der Waals surface area contributed by atoms with Gasteiger partial charge in [0.25, 0.3) is 0 Å². The SMILES string of the molecule is CCCO[Si](Cc1cccc2ccccc12)(OCCC)OCCC. The second-order valence-electron chi connectivity index (χ2n) is 6.04. The molecule has 0 fully saturated rings. The van der Waals surface area contributed by atoms with Gasteiger partial charge in [-0.25, -0.2) is 0 Å². The van der Waals surface area contributed by atoms with Gasteiger partial charge in [-0.1, -0.05) is 63.2 Å². The molecule has 0 amide bonds. The van der Waals surface area contributed by atoms with E-state index < -0.39 is 8.80 Å². The van der Waals surface area contributed by atoms with Gasteiger partial charge in [0.15, 0.2) is 0 Å². The van der Waals surface area contributed by atoms with Gasteiger partial charge in [0.2, 0.25) is 0 Å². The normalized spacial score (nSPS) is 12.0. The van der Waals surface area contributed by atoms with E-state index in [2.05, 4.69) is 63.2 Å². The molecule has 4 heteroatoms. The first-order valence-corrected chi connectivity index (χ1v) is 11.1. The van der Waals surface area contributed by atoms with Crippen LogP contribution in [0.4, 0.5) is 0 Å². The van der Waals surface area contributed by atoms with Crippen molar-refractivity contribution in [2.75, 3.05) is 19.8 Å². The molecule has 0 heterocycles. The van der Waals surface area contributed by atoms with Gasteiger partial charge in [-0.3, -0.25) is 0 Å². The van der Waals surface area contributed by atoms with Crippen molar-refractivity contribution in [3.63, 3.8) is 0 Å². The molecule has 0 aliphatic heterocycles. The summed E-state index contributed by atoms with van der Waals surface area (Å²) in [5.41, 5.74) is 1.25. The second-order valence-corrected chi connectivity index (χ2v) is 8.63. The molecule has 0 unspecified atom stereocenters. The van der Waals surface area contributed by atoms with Crippen LogP contribution in [-0.2, 0) is 19.3 Å². The average Bonchev–Trinajstić information content (AvgIpc) is 2.63. The maximum Gasteiger partial charge on any atom is 0.505 e. The minimum absolute atomic E-state index is 0.685. The van der Waals surface area contributed by atoms with Crippen LogP contribution in [0.2, 0.25) is 0 Å². The Morgan fingerprint density at radius 3 is 1.83 bits per heavy atom. The number of rotatable bonds is 11. The van der Waals surface area contributed by atoms with E-state index in [-0.39, 0.29) is 0 Å². The van der Waals surface area contributed by atoms with Crippen LogP contribution in [0.3, 0.4) is 0 Å². The third-order valence-electron chi connectivity index (χ3n) is 3.87. The zero-order valence-corrected chi connectivity index (χ0v) is 16.2. The number of fused-ring (bicyclic) bond motifs is 1. The van der Waals surface area contributed by atoms with E-state index in [1.165, 1.54) is 16.3 Å². The van der Waals surface area contributed by atoms with Crippen molar-refractivity contribution in [2.45, 2.75) is 46.1 Å². The fourth-order valence-corrected chi connectivity index (χ4v) is 5.61. The van der Waals surface area contributed by atoms with Crippen LogP contribution in [0.25, 0.3) is 10.8 Å². The lowest BCUT2D eigenvalue weighted by Crippen LogP contribution is -2.49. The van der Waals surface area contributed by atoms with E-state index in [9.17, 15) is 0 Å². The fraction of sp³-hybridized carbons (Fsp3) is 0.500. The summed E-state index contributed by atoms with van der Waals surface area (Å²) in [6, 6.07) is 15.6. The van der Waals surface area contributed by atoms with E-state index in [1.54, 1.807) is 0 Å². The van der Waals surface area contributed by atoms with Crippen LogP contribution in [0.5, 0.6) is 0 Å². The highest BCUT2D eigenvalue weighted by Crippen LogP contribution is 2.25. The van der Waals surface area contributed by atoms with Gasteiger partial charge in [0.1, 0.15) is 0 Å². The van der Waals surface area contributed by atoms with E-state index in [1.807, 2.05) is 0 Å². The molecule has 2 aromatic rings. The number of hydrogen-bond acceptors (Lipinski definition) is 3. The lowest BCUT2D eigenvalue weighted by molar-refractivity contribution is 0.0584. The molecule has 2 aromatic carbocycles. The number of benzene rings is 2. The molecular formula is C20H30O3Si. The minimum Gasteiger partial charge on any atom is -0.373 e. The van der Waals surface area contributed by atoms with Crippen molar-refractivity contribution in [1.29, 1.82) is 0 Å². The summed E-state index contributed by atoms with van der Waals surface area (Å²) in [6.07, 6.45) is 2.90. The summed E-state index contributed by atoms with van der Waals surface area (Å²) in [5.74, 6) is 0. The highest BCUT2D eigenvalue weighted by Gasteiger charge is 2.41. The van der Waals surface area contributed by atoms with E-state index >= 15 is 0 Å². The quantitative estimate of drug-likeness (QED) is 0.527. The van der Waals surface area contributed by atoms with Crippen molar-refractivity contribution in [3.05, 3.63) is 48.0 Å². The molecule has 24 heavy (non-hydrogen) atoms. The summed E-state index contributed by atoms with van der Waals surface area (Å²) in [7, 11) is -2.72. The Morgan fingerprint density at radius 2 is 1.25 bits per heavy atom. The van der Waals surface area contributed by atoms with Crippen LogP contribution in [0, 0.1) is 0 Å². The molecular weight excluding hydrogens is 316 g/mol. The Kier molecular flexibility index (Phi) is 7.92. The van der Waals surface area contributed by atoms with Crippen molar-refractivity contribution in [1.82, 2.24) is 0 Å². The van der Waals surface area contributed by atoms with Crippen LogP contribution in [-0.4, -0.2) is 28.6 Å². The van der Waals surface area contributed by atoms with Crippen molar-refractivity contribution >= 4 is 19.6 Å². The zero-order chi connectivity index (χ0) is 17.3. The maximum absolute atomic E-state index is 6.23. The maximum atomic E-state index is 6.23. The van der Waals surface area contributed by atoms with Crippen LogP contribution < -0.4 is 0 Å². The molecule has 0 saturated carbocycles. The molecule has 0 N–H and O–H groups in total. The topological polar surface area (TPSA) is 27.7 Å². The van der Waals surface area contributed by atoms with E-state index in [0.29, 0.717) is 19.8 Å². The zero-order valence-electron chi connectivity index (χ0n) is 15.2. The molecule has 0 aliphatic carbocycles. The van der Waals surface area contributed by atoms with Crippen LogP contribution >= 0.6 is 0 Å². The minimum atomic E-state index is -2.72. The standard InChI is InChI=1S/C20H30O3Si/c1-4-14-21-24(22-15-5-2,23-16-6-3)17-19-12-9-11-18-10-7-8-13-20(18)19/h7-13H,4-6,14-17H2,1-3H3. The van der Waals surface area contributed by atoms with Gasteiger partial charge < -0.3 is 13.3 Å². The Labute approximate surface area is 147 Å². The average molecular weight is 347 g/mol. The van der Waals surface area contributed by atoms with E-state index in [0.717, 1.165) is 25.3 Å². The van der Waals surface area contributed by atoms with Crippen LogP contribution in [0.1, 0.15) is 45.6 Å². The lowest BCUT2D eigenvalue weighted by atomic mass is 10.1. The number of hydrogen-bond donors (Lipinski definition) is 0. The molecule has 0 radical (unpaired) electrons. The summed E-state index contributed by atoms with van der Waals surface area (Å²) in [4.78, 5) is 0. The van der Waals surface area contributed by atoms with Gasteiger partial charge in [0.05, 0.1) is 0 Å². The predicted molar refractivity (Wildman–Crippen MR) is 102 cm³/mol. The van der Waals surface area contributed by atoms with Crippen LogP contribution in [0.15, 0.2) is 42.5 Å². The van der Waals surface area contributed by atoms with Crippen molar-refractivity contribution in [3.8, 4) is 0 Å². The third kappa shape index (κ3) is 5.15. The Balaban J connectivity index is 2.32. The highest BCUT2D eigenvalue weighted by atomic mass is 28.4. The van der Waals surface area contributed by atoms with Gasteiger partial charge in [0, 0.05) is 25.9 Å². The summed E-state index contributed by atoms with van der Waals surface area (Å²) < 4.78 is 18.7. The van der Waals surface area contributed by atoms with Gasteiger partial charge in [-0.2, -0.15) is 0 Å². The molecule has 132 valence electrons. The Bertz CT molecular complexity index is 588. The van der Waals surface area contributed by atoms with Gasteiger partial charge in [-0.15, -0.1) is 0 Å². The Hall–Kier alpha value is -1.20. The van der Waals surface area contributed by atoms with Gasteiger partial charge in [-0.05, 0) is 35.6 Å². The smallest absolute Gasteiger partial charge is 0.373 e. The van der Waals surface area contributed by atoms with Crippen molar-refractivity contribution < 1.29 is 13.3 Å². The molecule has 3 nitrogen and oxygen atoms in total. The second kappa shape index (κ2) is 9.94. The first-order valence-electron chi connectivity index (χ1n) is 9.13. The first kappa shape index (κ1) is 19.1. The van der Waals surface area contributed by atoms with Gasteiger partial charge >= 0.3 is 8.80 Å². The molecule has 2 rings (SSSR count). The molecule has 0 aliphatic rings. The molecule has 0 atom stereocenters. The van der Waals surface area contributed by atoms with Crippen molar-refractivity contribution in [2.24, 2.45) is 0 Å². The monoisotopic (exact) mass is 346 g/mol. The predicted octanol–water partition coefficient (Wildman–Crippen LogP) is 5.14. The first-order chi connectivity index (χ1) is 11.7. The molecule has 0 aromatic heterocycles. The third-order valence-corrected chi connectivity index (χ3v) is 6.61. The molecule has 0 saturated heterocycles. The largest absolute Gasteiger partial charge is 0.505 e. The Morgan fingerprint density at radius 1 is 0.708 bits per heavy atom. The fourth-order valence-electron chi connectivity index (χ4n) is 2.73. The lowest BCUT2D eigenvalue weighted by Gasteiger charge is -2.30. The summed E-state index contributed by atoms with van der Waals surface area (Å²) in [6.45, 7) is 8.42. The highest BCUT2D eigenvalue weighted by molar-refractivity contribution is 6.60. The summed E-state index contributed by atoms with van der Waals surface area (Å²) >= 11 is 0.